The van der Waals surface area contributed by atoms with Gasteiger partial charge in [0.15, 0.2) is 11.6 Å². The number of hydrogen-bond donors (Lipinski definition) is 0. The summed E-state index contributed by atoms with van der Waals surface area (Å²) in [7, 11) is 0. The summed E-state index contributed by atoms with van der Waals surface area (Å²) >= 11 is 0. The van der Waals surface area contributed by atoms with E-state index < -0.39 is 17.5 Å². The Kier molecular flexibility index (Phi) is 3.79. The van der Waals surface area contributed by atoms with Crippen molar-refractivity contribution in [2.24, 2.45) is 0 Å². The Labute approximate surface area is 120 Å². The minimum absolute atomic E-state index is 0.374. The lowest BCUT2D eigenvalue weighted by atomic mass is 10.1. The molecule has 2 heterocycles. The third kappa shape index (κ3) is 3.00. The van der Waals surface area contributed by atoms with Gasteiger partial charge in [0.1, 0.15) is 17.7 Å². The van der Waals surface area contributed by atoms with E-state index in [1.165, 1.54) is 12.1 Å². The molecule has 0 spiro atoms. The van der Waals surface area contributed by atoms with E-state index in [-0.39, 0.29) is 6.10 Å². The van der Waals surface area contributed by atoms with E-state index >= 15 is 0 Å². The summed E-state index contributed by atoms with van der Waals surface area (Å²) in [5.74, 6) is -1.55. The molecule has 1 aromatic carbocycles. The molecule has 1 saturated heterocycles. The zero-order valence-electron chi connectivity index (χ0n) is 11.1. The molecular formula is C15H13F3N2O. The van der Waals surface area contributed by atoms with Crippen LogP contribution in [0, 0.1) is 17.5 Å². The first-order chi connectivity index (χ1) is 10.1. The maximum absolute atomic E-state index is 13.3. The highest BCUT2D eigenvalue weighted by molar-refractivity contribution is 5.39. The number of benzene rings is 1. The van der Waals surface area contributed by atoms with Gasteiger partial charge in [0.05, 0.1) is 12.8 Å². The third-order valence-corrected chi connectivity index (χ3v) is 3.42. The van der Waals surface area contributed by atoms with E-state index in [9.17, 15) is 13.2 Å². The molecule has 0 radical (unpaired) electrons. The first kappa shape index (κ1) is 13.9. The Morgan fingerprint density at radius 1 is 1.10 bits per heavy atom. The number of hydrogen-bond acceptors (Lipinski definition) is 3. The Morgan fingerprint density at radius 2 is 1.95 bits per heavy atom. The van der Waals surface area contributed by atoms with Crippen molar-refractivity contribution in [1.82, 2.24) is 4.98 Å². The molecule has 1 unspecified atom stereocenters. The fourth-order valence-corrected chi connectivity index (χ4v) is 2.33. The summed E-state index contributed by atoms with van der Waals surface area (Å²) in [5, 5.41) is 0. The first-order valence-electron chi connectivity index (χ1n) is 6.56. The number of anilines is 1. The number of ether oxygens (including phenoxy) is 1. The Morgan fingerprint density at radius 3 is 2.67 bits per heavy atom. The zero-order valence-corrected chi connectivity index (χ0v) is 11.1. The molecule has 2 aromatic rings. The van der Waals surface area contributed by atoms with Crippen LogP contribution in [0.2, 0.25) is 0 Å². The normalized spacial score (nSPS) is 18.8. The van der Waals surface area contributed by atoms with Gasteiger partial charge in [0, 0.05) is 13.1 Å². The van der Waals surface area contributed by atoms with Gasteiger partial charge in [-0.05, 0) is 29.8 Å². The molecule has 6 heteroatoms. The summed E-state index contributed by atoms with van der Waals surface area (Å²) in [6, 6.07) is 6.66. The van der Waals surface area contributed by atoms with Crippen molar-refractivity contribution in [1.29, 1.82) is 0 Å². The Balaban J connectivity index is 1.79. The van der Waals surface area contributed by atoms with Crippen molar-refractivity contribution in [3.05, 3.63) is 59.5 Å². The van der Waals surface area contributed by atoms with Gasteiger partial charge in [-0.2, -0.15) is 0 Å². The maximum atomic E-state index is 13.3. The molecule has 0 saturated carbocycles. The molecule has 0 bridgehead atoms. The molecule has 1 atom stereocenters. The maximum Gasteiger partial charge on any atom is 0.159 e. The van der Waals surface area contributed by atoms with E-state index in [1.807, 2.05) is 4.90 Å². The van der Waals surface area contributed by atoms with Crippen molar-refractivity contribution < 1.29 is 17.9 Å². The second-order valence-corrected chi connectivity index (χ2v) is 4.81. The van der Waals surface area contributed by atoms with Crippen molar-refractivity contribution >= 4 is 5.82 Å². The first-order valence-corrected chi connectivity index (χ1v) is 6.56. The summed E-state index contributed by atoms with van der Waals surface area (Å²) in [5.41, 5.74) is 0.570. The van der Waals surface area contributed by atoms with Crippen molar-refractivity contribution in [3.63, 3.8) is 0 Å². The second kappa shape index (κ2) is 5.73. The molecule has 21 heavy (non-hydrogen) atoms. The molecule has 1 fully saturated rings. The van der Waals surface area contributed by atoms with Gasteiger partial charge < -0.3 is 9.64 Å². The molecule has 1 aliphatic rings. The van der Waals surface area contributed by atoms with Gasteiger partial charge in [0.2, 0.25) is 0 Å². The van der Waals surface area contributed by atoms with Crippen LogP contribution >= 0.6 is 0 Å². The largest absolute Gasteiger partial charge is 0.370 e. The van der Waals surface area contributed by atoms with Crippen molar-refractivity contribution in [2.75, 3.05) is 24.6 Å². The van der Waals surface area contributed by atoms with Crippen LogP contribution in [0.15, 0.2) is 36.5 Å². The molecule has 0 aliphatic carbocycles. The van der Waals surface area contributed by atoms with E-state index in [0.29, 0.717) is 31.1 Å². The molecule has 1 aliphatic heterocycles. The lowest BCUT2D eigenvalue weighted by Gasteiger charge is -2.34. The predicted octanol–water partition coefficient (Wildman–Crippen LogP) is 3.08. The number of nitrogens with zero attached hydrogens (tertiary/aromatic N) is 2. The average Bonchev–Trinajstić information content (AvgIpc) is 2.51. The minimum Gasteiger partial charge on any atom is -0.370 e. The smallest absolute Gasteiger partial charge is 0.159 e. The number of halogens is 3. The highest BCUT2D eigenvalue weighted by Gasteiger charge is 2.23. The lowest BCUT2D eigenvalue weighted by molar-refractivity contribution is 0.0392. The van der Waals surface area contributed by atoms with Crippen LogP contribution in [0.5, 0.6) is 0 Å². The van der Waals surface area contributed by atoms with Crippen LogP contribution in [0.4, 0.5) is 19.0 Å². The van der Waals surface area contributed by atoms with Gasteiger partial charge >= 0.3 is 0 Å². The fourth-order valence-electron chi connectivity index (χ4n) is 2.33. The van der Waals surface area contributed by atoms with Gasteiger partial charge in [-0.25, -0.2) is 18.2 Å². The summed E-state index contributed by atoms with van der Waals surface area (Å²) in [6.45, 7) is 1.49. The summed E-state index contributed by atoms with van der Waals surface area (Å²) in [6.07, 6.45) is 0.776. The predicted molar refractivity (Wildman–Crippen MR) is 71.5 cm³/mol. The number of morpholine rings is 1. The standard InChI is InChI=1S/C15H13F3N2O/c16-11-2-4-15(19-8-11)20-5-6-21-14(9-20)10-1-3-12(17)13(18)7-10/h1-4,7-8,14H,5-6,9H2. The molecular weight excluding hydrogens is 281 g/mol. The lowest BCUT2D eigenvalue weighted by Crippen LogP contribution is -2.38. The minimum atomic E-state index is -0.895. The molecule has 0 N–H and O–H groups in total. The van der Waals surface area contributed by atoms with E-state index in [1.54, 1.807) is 6.07 Å². The van der Waals surface area contributed by atoms with Gasteiger partial charge in [-0.15, -0.1) is 0 Å². The number of aromatic nitrogens is 1. The third-order valence-electron chi connectivity index (χ3n) is 3.42. The molecule has 0 amide bonds. The number of pyridine rings is 1. The molecule has 1 aromatic heterocycles. The average molecular weight is 294 g/mol. The fraction of sp³-hybridized carbons (Fsp3) is 0.267. The molecule has 3 rings (SSSR count). The topological polar surface area (TPSA) is 25.4 Å². The highest BCUT2D eigenvalue weighted by atomic mass is 19.2. The highest BCUT2D eigenvalue weighted by Crippen LogP contribution is 2.26. The van der Waals surface area contributed by atoms with E-state index in [0.717, 1.165) is 18.3 Å². The Bertz CT molecular complexity index is 633. The van der Waals surface area contributed by atoms with Gasteiger partial charge in [-0.1, -0.05) is 6.07 Å². The quantitative estimate of drug-likeness (QED) is 0.851. The second-order valence-electron chi connectivity index (χ2n) is 4.81. The van der Waals surface area contributed by atoms with Crippen LogP contribution in [0.25, 0.3) is 0 Å². The van der Waals surface area contributed by atoms with Crippen LogP contribution in [0.3, 0.4) is 0 Å². The van der Waals surface area contributed by atoms with Crippen molar-refractivity contribution in [2.45, 2.75) is 6.10 Å². The Hall–Kier alpha value is -2.08. The van der Waals surface area contributed by atoms with Crippen LogP contribution in [-0.2, 0) is 4.74 Å². The number of rotatable bonds is 2. The van der Waals surface area contributed by atoms with Crippen LogP contribution < -0.4 is 4.90 Å². The van der Waals surface area contributed by atoms with Gasteiger partial charge in [0.25, 0.3) is 0 Å². The molecule has 3 nitrogen and oxygen atoms in total. The zero-order chi connectivity index (χ0) is 14.8. The van der Waals surface area contributed by atoms with Crippen LogP contribution in [0.1, 0.15) is 11.7 Å². The van der Waals surface area contributed by atoms with E-state index in [2.05, 4.69) is 4.98 Å². The van der Waals surface area contributed by atoms with Gasteiger partial charge in [-0.3, -0.25) is 0 Å². The van der Waals surface area contributed by atoms with E-state index in [4.69, 9.17) is 4.74 Å². The monoisotopic (exact) mass is 294 g/mol. The molecule has 110 valence electrons. The van der Waals surface area contributed by atoms with Crippen molar-refractivity contribution in [3.8, 4) is 0 Å². The van der Waals surface area contributed by atoms with Crippen LogP contribution in [-0.4, -0.2) is 24.7 Å². The SMILES string of the molecule is Fc1ccc(N2CCOC(c3ccc(F)c(F)c3)C2)nc1. The summed E-state index contributed by atoms with van der Waals surface area (Å²) in [4.78, 5) is 5.95. The summed E-state index contributed by atoms with van der Waals surface area (Å²) < 4.78 is 44.8.